The Hall–Kier alpha value is -0.130. The maximum atomic E-state index is 11.8. The van der Waals surface area contributed by atoms with Gasteiger partial charge in [-0.25, -0.2) is 8.42 Å². The zero-order valence-corrected chi connectivity index (χ0v) is 14.4. The molecule has 0 aromatic heterocycles. The highest BCUT2D eigenvalue weighted by molar-refractivity contribution is 7.91. The summed E-state index contributed by atoms with van der Waals surface area (Å²) in [6, 6.07) is 0. The van der Waals surface area contributed by atoms with Gasteiger partial charge in [-0.05, 0) is 43.9 Å². The molecule has 2 saturated carbocycles. The van der Waals surface area contributed by atoms with E-state index in [1.165, 1.54) is 12.7 Å². The fraction of sp³-hybridized carbons (Fsp3) is 1.00. The van der Waals surface area contributed by atoms with E-state index in [2.05, 4.69) is 6.92 Å². The van der Waals surface area contributed by atoms with E-state index in [1.54, 1.807) is 7.11 Å². The Morgan fingerprint density at radius 2 is 1.95 bits per heavy atom. The summed E-state index contributed by atoms with van der Waals surface area (Å²) >= 11 is 0. The maximum absolute atomic E-state index is 11.8. The summed E-state index contributed by atoms with van der Waals surface area (Å²) in [6.07, 6.45) is 7.91. The molecule has 0 spiro atoms. The predicted molar refractivity (Wildman–Crippen MR) is 84.0 cm³/mol. The van der Waals surface area contributed by atoms with E-state index in [-0.39, 0.29) is 11.2 Å². The Kier molecular flexibility index (Phi) is 5.37. The molecule has 5 unspecified atom stereocenters. The maximum Gasteiger partial charge on any atom is 0.150 e. The molecule has 2 aliphatic rings. The highest BCUT2D eigenvalue weighted by Gasteiger charge is 2.46. The molecule has 0 radical (unpaired) electrons. The fourth-order valence-corrected chi connectivity index (χ4v) is 5.60. The number of rotatable bonds is 4. The molecule has 0 aromatic rings. The van der Waals surface area contributed by atoms with Crippen molar-refractivity contribution in [1.29, 1.82) is 0 Å². The first-order valence-electron chi connectivity index (χ1n) is 8.20. The molecule has 0 aromatic carbocycles. The molecule has 2 rings (SSSR count). The summed E-state index contributed by atoms with van der Waals surface area (Å²) in [7, 11) is -1.32. The van der Waals surface area contributed by atoms with Crippen molar-refractivity contribution in [2.75, 3.05) is 13.4 Å². The van der Waals surface area contributed by atoms with Gasteiger partial charge in [0, 0.05) is 13.4 Å². The van der Waals surface area contributed by atoms with Crippen LogP contribution in [0.15, 0.2) is 0 Å². The summed E-state index contributed by atoms with van der Waals surface area (Å²) in [6.45, 7) is 2.21. The standard InChI is InChI=1S/C16H30O4S/c1-12-6-5-9-16(11-12,20-2)15(17)13-7-4-8-14(10-13)21(3,18)19/h12-15,17H,4-11H2,1-3H3. The first kappa shape index (κ1) is 17.2. The van der Waals surface area contributed by atoms with Gasteiger partial charge in [0.05, 0.1) is 17.0 Å². The summed E-state index contributed by atoms with van der Waals surface area (Å²) in [4.78, 5) is 0. The highest BCUT2D eigenvalue weighted by Crippen LogP contribution is 2.43. The van der Waals surface area contributed by atoms with Gasteiger partial charge in [0.25, 0.3) is 0 Å². The topological polar surface area (TPSA) is 63.6 Å². The number of aliphatic hydroxyl groups is 1. The Balaban J connectivity index is 2.12. The van der Waals surface area contributed by atoms with Crippen LogP contribution in [-0.2, 0) is 14.6 Å². The lowest BCUT2D eigenvalue weighted by Gasteiger charge is -2.46. The third-order valence-corrected chi connectivity index (χ3v) is 7.29. The normalized spacial score (nSPS) is 39.9. The van der Waals surface area contributed by atoms with Crippen molar-refractivity contribution in [1.82, 2.24) is 0 Å². The van der Waals surface area contributed by atoms with Gasteiger partial charge < -0.3 is 9.84 Å². The second kappa shape index (κ2) is 6.55. The van der Waals surface area contributed by atoms with Crippen molar-refractivity contribution < 1.29 is 18.3 Å². The zero-order valence-electron chi connectivity index (χ0n) is 13.5. The number of hydrogen-bond donors (Lipinski definition) is 1. The van der Waals surface area contributed by atoms with E-state index in [0.29, 0.717) is 12.3 Å². The number of ether oxygens (including phenoxy) is 1. The third kappa shape index (κ3) is 3.80. The van der Waals surface area contributed by atoms with E-state index in [9.17, 15) is 13.5 Å². The van der Waals surface area contributed by atoms with Crippen molar-refractivity contribution >= 4 is 9.84 Å². The number of hydrogen-bond acceptors (Lipinski definition) is 4. The first-order chi connectivity index (χ1) is 9.78. The van der Waals surface area contributed by atoms with E-state index >= 15 is 0 Å². The van der Waals surface area contributed by atoms with E-state index < -0.39 is 21.5 Å². The number of sulfone groups is 1. The van der Waals surface area contributed by atoms with Crippen LogP contribution in [0.1, 0.15) is 58.3 Å². The smallest absolute Gasteiger partial charge is 0.150 e. The molecule has 0 amide bonds. The first-order valence-corrected chi connectivity index (χ1v) is 10.2. The minimum Gasteiger partial charge on any atom is -0.390 e. The molecule has 0 heterocycles. The van der Waals surface area contributed by atoms with Crippen molar-refractivity contribution in [3.05, 3.63) is 0 Å². The average molecular weight is 318 g/mol. The summed E-state index contributed by atoms with van der Waals surface area (Å²) in [5.74, 6) is 0.603. The van der Waals surface area contributed by atoms with Crippen LogP contribution >= 0.6 is 0 Å². The lowest BCUT2D eigenvalue weighted by Crippen LogP contribution is -2.52. The average Bonchev–Trinajstić information content (AvgIpc) is 2.45. The largest absolute Gasteiger partial charge is 0.390 e. The molecular formula is C16H30O4S. The zero-order chi connectivity index (χ0) is 15.7. The lowest BCUT2D eigenvalue weighted by molar-refractivity contribution is -0.153. The third-order valence-electron chi connectivity index (χ3n) is 5.66. The molecule has 4 nitrogen and oxygen atoms in total. The van der Waals surface area contributed by atoms with Crippen LogP contribution in [0.4, 0.5) is 0 Å². The molecule has 2 aliphatic carbocycles. The molecule has 5 atom stereocenters. The summed E-state index contributed by atoms with van der Waals surface area (Å²) < 4.78 is 29.4. The molecule has 5 heteroatoms. The van der Waals surface area contributed by atoms with Gasteiger partial charge in [-0.2, -0.15) is 0 Å². The lowest BCUT2D eigenvalue weighted by atomic mass is 9.69. The van der Waals surface area contributed by atoms with Crippen molar-refractivity contribution in [3.63, 3.8) is 0 Å². The van der Waals surface area contributed by atoms with Gasteiger partial charge in [0.1, 0.15) is 9.84 Å². The second-order valence-electron chi connectivity index (χ2n) is 7.29. The monoisotopic (exact) mass is 318 g/mol. The molecule has 0 bridgehead atoms. The minimum atomic E-state index is -3.01. The Bertz CT molecular complexity index is 447. The van der Waals surface area contributed by atoms with Gasteiger partial charge in [0.15, 0.2) is 0 Å². The van der Waals surface area contributed by atoms with E-state index in [4.69, 9.17) is 4.74 Å². The van der Waals surface area contributed by atoms with Gasteiger partial charge in [0.2, 0.25) is 0 Å². The van der Waals surface area contributed by atoms with Gasteiger partial charge in [-0.3, -0.25) is 0 Å². The Morgan fingerprint density at radius 1 is 1.24 bits per heavy atom. The van der Waals surface area contributed by atoms with Crippen molar-refractivity contribution in [3.8, 4) is 0 Å². The number of methoxy groups -OCH3 is 1. The molecule has 1 N–H and O–H groups in total. The van der Waals surface area contributed by atoms with Crippen LogP contribution in [0.5, 0.6) is 0 Å². The van der Waals surface area contributed by atoms with Crippen LogP contribution in [0.2, 0.25) is 0 Å². The number of aliphatic hydroxyl groups excluding tert-OH is 1. The van der Waals surface area contributed by atoms with Crippen LogP contribution in [0, 0.1) is 11.8 Å². The van der Waals surface area contributed by atoms with Crippen LogP contribution in [0.25, 0.3) is 0 Å². The molecule has 2 fully saturated rings. The molecular weight excluding hydrogens is 288 g/mol. The quantitative estimate of drug-likeness (QED) is 0.865. The van der Waals surface area contributed by atoms with Gasteiger partial charge in [-0.1, -0.05) is 26.2 Å². The Labute approximate surface area is 129 Å². The minimum absolute atomic E-state index is 0.0451. The van der Waals surface area contributed by atoms with Gasteiger partial charge in [-0.15, -0.1) is 0 Å². The van der Waals surface area contributed by atoms with Crippen LogP contribution in [-0.4, -0.2) is 43.8 Å². The predicted octanol–water partition coefficient (Wildman–Crippen LogP) is 2.55. The van der Waals surface area contributed by atoms with Crippen LogP contribution < -0.4 is 0 Å². The summed E-state index contributed by atoms with van der Waals surface area (Å²) in [5.41, 5.74) is -0.471. The molecule has 21 heavy (non-hydrogen) atoms. The van der Waals surface area contributed by atoms with E-state index in [0.717, 1.165) is 38.5 Å². The van der Waals surface area contributed by atoms with Crippen molar-refractivity contribution in [2.24, 2.45) is 11.8 Å². The van der Waals surface area contributed by atoms with Gasteiger partial charge >= 0.3 is 0 Å². The van der Waals surface area contributed by atoms with E-state index in [1.807, 2.05) is 0 Å². The Morgan fingerprint density at radius 3 is 2.52 bits per heavy atom. The second-order valence-corrected chi connectivity index (χ2v) is 9.62. The molecule has 124 valence electrons. The fourth-order valence-electron chi connectivity index (χ4n) is 4.40. The van der Waals surface area contributed by atoms with Crippen LogP contribution in [0.3, 0.4) is 0 Å². The summed E-state index contributed by atoms with van der Waals surface area (Å²) in [5, 5.41) is 10.6. The van der Waals surface area contributed by atoms with Crippen molar-refractivity contribution in [2.45, 2.75) is 75.2 Å². The SMILES string of the molecule is COC1(C(O)C2CCCC(S(C)(=O)=O)C2)CCCC(C)C1. The molecule has 0 saturated heterocycles. The highest BCUT2D eigenvalue weighted by atomic mass is 32.2. The molecule has 0 aliphatic heterocycles.